The number of amides is 1. The van der Waals surface area contributed by atoms with E-state index in [1.165, 1.54) is 11.9 Å². The molecule has 0 spiro atoms. The van der Waals surface area contributed by atoms with E-state index < -0.39 is 0 Å². The standard InChI is InChI=1S/C25H26N8O.CH4/c26-23-21-6-1-17(15-18(21)7-8-29-23)16-31-25(34)22-24(30-10-9-28-22)32-19-2-4-20(5-3-19)33-13-11-27-12-14-33;/h1-10,15,27H,11-14,16H2,(H2,26,29)(H,30,32)(H,31,34);1H4. The van der Waals surface area contributed by atoms with Crippen molar-refractivity contribution in [3.8, 4) is 0 Å². The van der Waals surface area contributed by atoms with E-state index in [1.807, 2.05) is 36.4 Å². The molecule has 1 aliphatic rings. The Kier molecular flexibility index (Phi) is 7.37. The number of piperazine rings is 1. The van der Waals surface area contributed by atoms with Crippen molar-refractivity contribution in [2.24, 2.45) is 0 Å². The molecule has 5 N–H and O–H groups in total. The molecule has 0 saturated carbocycles. The molecule has 1 aliphatic heterocycles. The van der Waals surface area contributed by atoms with Crippen LogP contribution < -0.4 is 26.6 Å². The van der Waals surface area contributed by atoms with E-state index in [9.17, 15) is 4.79 Å². The molecule has 180 valence electrons. The second kappa shape index (κ2) is 10.8. The average molecular weight is 471 g/mol. The van der Waals surface area contributed by atoms with Crippen LogP contribution in [0, 0.1) is 0 Å². The molecule has 35 heavy (non-hydrogen) atoms. The molecular formula is C26H30N8O. The van der Waals surface area contributed by atoms with Gasteiger partial charge < -0.3 is 26.6 Å². The molecule has 2 aromatic carbocycles. The molecule has 3 heterocycles. The monoisotopic (exact) mass is 470 g/mol. The van der Waals surface area contributed by atoms with Crippen molar-refractivity contribution in [2.75, 3.05) is 42.1 Å². The fraction of sp³-hybridized carbons (Fsp3) is 0.231. The van der Waals surface area contributed by atoms with Gasteiger partial charge in [0.2, 0.25) is 0 Å². The zero-order chi connectivity index (χ0) is 23.3. The first-order chi connectivity index (χ1) is 16.7. The first-order valence-corrected chi connectivity index (χ1v) is 11.2. The van der Waals surface area contributed by atoms with Gasteiger partial charge in [-0.2, -0.15) is 0 Å². The van der Waals surface area contributed by atoms with E-state index in [0.29, 0.717) is 18.2 Å². The summed E-state index contributed by atoms with van der Waals surface area (Å²) in [5.41, 5.74) is 9.13. The van der Waals surface area contributed by atoms with E-state index in [0.717, 1.165) is 48.2 Å². The molecule has 0 aliphatic carbocycles. The van der Waals surface area contributed by atoms with Gasteiger partial charge in [0.05, 0.1) is 0 Å². The third-order valence-corrected chi connectivity index (χ3v) is 5.84. The number of hydrogen-bond donors (Lipinski definition) is 4. The molecule has 1 saturated heterocycles. The number of hydrogen-bond acceptors (Lipinski definition) is 8. The predicted octanol–water partition coefficient (Wildman–Crippen LogP) is 3.33. The highest BCUT2D eigenvalue weighted by Crippen LogP contribution is 2.23. The van der Waals surface area contributed by atoms with Gasteiger partial charge in [-0.1, -0.05) is 19.6 Å². The van der Waals surface area contributed by atoms with Crippen LogP contribution in [0.5, 0.6) is 0 Å². The van der Waals surface area contributed by atoms with Gasteiger partial charge in [0.1, 0.15) is 5.82 Å². The normalized spacial score (nSPS) is 13.2. The van der Waals surface area contributed by atoms with Crippen LogP contribution in [-0.2, 0) is 6.54 Å². The number of aromatic nitrogens is 3. The van der Waals surface area contributed by atoms with Crippen molar-refractivity contribution in [1.82, 2.24) is 25.6 Å². The van der Waals surface area contributed by atoms with Gasteiger partial charge in [-0.3, -0.25) is 4.79 Å². The second-order valence-corrected chi connectivity index (χ2v) is 8.10. The number of carbonyl (C=O) groups excluding carboxylic acids is 1. The van der Waals surface area contributed by atoms with E-state index in [2.05, 4.69) is 47.9 Å². The fourth-order valence-corrected chi connectivity index (χ4v) is 4.04. The summed E-state index contributed by atoms with van der Waals surface area (Å²) < 4.78 is 0. The van der Waals surface area contributed by atoms with Gasteiger partial charge in [0.25, 0.3) is 5.91 Å². The van der Waals surface area contributed by atoms with Gasteiger partial charge in [0, 0.05) is 68.1 Å². The Hall–Kier alpha value is -4.24. The molecule has 2 aromatic heterocycles. The summed E-state index contributed by atoms with van der Waals surface area (Å²) in [6, 6.07) is 15.9. The largest absolute Gasteiger partial charge is 0.383 e. The van der Waals surface area contributed by atoms with Crippen molar-refractivity contribution in [2.45, 2.75) is 14.0 Å². The highest BCUT2D eigenvalue weighted by atomic mass is 16.1. The summed E-state index contributed by atoms with van der Waals surface area (Å²) in [7, 11) is 0. The van der Waals surface area contributed by atoms with Crippen LogP contribution in [-0.4, -0.2) is 47.0 Å². The third kappa shape index (κ3) is 5.47. The highest BCUT2D eigenvalue weighted by molar-refractivity contribution is 5.97. The predicted molar refractivity (Wildman–Crippen MR) is 141 cm³/mol. The number of anilines is 4. The van der Waals surface area contributed by atoms with E-state index in [4.69, 9.17) is 5.73 Å². The highest BCUT2D eigenvalue weighted by Gasteiger charge is 2.15. The lowest BCUT2D eigenvalue weighted by Crippen LogP contribution is -2.43. The summed E-state index contributed by atoms with van der Waals surface area (Å²) in [6.45, 7) is 4.31. The minimum Gasteiger partial charge on any atom is -0.383 e. The lowest BCUT2D eigenvalue weighted by Gasteiger charge is -2.29. The first-order valence-electron chi connectivity index (χ1n) is 11.2. The van der Waals surface area contributed by atoms with Crippen molar-refractivity contribution in [3.63, 3.8) is 0 Å². The first kappa shape index (κ1) is 23.9. The SMILES string of the molecule is C.Nc1nccc2cc(CNC(=O)c3nccnc3Nc3ccc(N4CCNCC4)cc3)ccc12. The summed E-state index contributed by atoms with van der Waals surface area (Å²) in [5, 5.41) is 11.4. The number of nitrogens with two attached hydrogens (primary N) is 1. The van der Waals surface area contributed by atoms with Gasteiger partial charge in [-0.05, 0) is 47.3 Å². The molecule has 0 unspecified atom stereocenters. The van der Waals surface area contributed by atoms with E-state index in [1.54, 1.807) is 12.4 Å². The third-order valence-electron chi connectivity index (χ3n) is 5.84. The molecule has 5 rings (SSSR count). The molecule has 9 heteroatoms. The maximum Gasteiger partial charge on any atom is 0.274 e. The van der Waals surface area contributed by atoms with Crippen LogP contribution in [0.15, 0.2) is 67.1 Å². The Balaban J connectivity index is 0.00000289. The van der Waals surface area contributed by atoms with Crippen LogP contribution in [0.2, 0.25) is 0 Å². The Morgan fingerprint density at radius 2 is 1.74 bits per heavy atom. The molecule has 0 bridgehead atoms. The lowest BCUT2D eigenvalue weighted by molar-refractivity contribution is 0.0946. The molecule has 0 radical (unpaired) electrons. The average Bonchev–Trinajstić information content (AvgIpc) is 2.89. The summed E-state index contributed by atoms with van der Waals surface area (Å²) in [4.78, 5) is 28.0. The van der Waals surface area contributed by atoms with E-state index in [-0.39, 0.29) is 19.0 Å². The zero-order valence-electron chi connectivity index (χ0n) is 18.7. The smallest absolute Gasteiger partial charge is 0.274 e. The van der Waals surface area contributed by atoms with Crippen molar-refractivity contribution in [1.29, 1.82) is 0 Å². The number of nitrogens with zero attached hydrogens (tertiary/aromatic N) is 4. The van der Waals surface area contributed by atoms with Crippen LogP contribution in [0.3, 0.4) is 0 Å². The number of nitrogen functional groups attached to an aromatic ring is 1. The van der Waals surface area contributed by atoms with Gasteiger partial charge in [0.15, 0.2) is 11.5 Å². The van der Waals surface area contributed by atoms with Crippen molar-refractivity contribution < 1.29 is 4.79 Å². The summed E-state index contributed by atoms with van der Waals surface area (Å²) in [5.74, 6) is 0.596. The summed E-state index contributed by atoms with van der Waals surface area (Å²) >= 11 is 0. The van der Waals surface area contributed by atoms with Gasteiger partial charge in [-0.15, -0.1) is 0 Å². The number of carbonyl (C=O) groups is 1. The topological polar surface area (TPSA) is 121 Å². The van der Waals surface area contributed by atoms with Crippen LogP contribution in [0.25, 0.3) is 10.8 Å². The maximum atomic E-state index is 12.9. The minimum absolute atomic E-state index is 0. The quantitative estimate of drug-likeness (QED) is 0.339. The number of nitrogens with one attached hydrogen (secondary N) is 3. The fourth-order valence-electron chi connectivity index (χ4n) is 4.04. The van der Waals surface area contributed by atoms with Gasteiger partial charge in [-0.25, -0.2) is 15.0 Å². The van der Waals surface area contributed by atoms with Crippen LogP contribution in [0.1, 0.15) is 23.5 Å². The minimum atomic E-state index is -0.303. The summed E-state index contributed by atoms with van der Waals surface area (Å²) in [6.07, 6.45) is 4.75. The molecule has 4 aromatic rings. The molecular weight excluding hydrogens is 440 g/mol. The molecule has 1 fully saturated rings. The van der Waals surface area contributed by atoms with E-state index >= 15 is 0 Å². The molecule has 1 amide bonds. The Morgan fingerprint density at radius 1 is 0.971 bits per heavy atom. The second-order valence-electron chi connectivity index (χ2n) is 8.10. The Labute approximate surface area is 204 Å². The van der Waals surface area contributed by atoms with Crippen LogP contribution in [0.4, 0.5) is 23.0 Å². The number of pyridine rings is 1. The number of rotatable bonds is 6. The molecule has 9 nitrogen and oxygen atoms in total. The Bertz CT molecular complexity index is 1300. The van der Waals surface area contributed by atoms with Gasteiger partial charge >= 0.3 is 0 Å². The van der Waals surface area contributed by atoms with Crippen LogP contribution >= 0.6 is 0 Å². The van der Waals surface area contributed by atoms with Crippen molar-refractivity contribution >= 4 is 39.7 Å². The molecule has 0 atom stereocenters. The number of fused-ring (bicyclic) bond motifs is 1. The number of benzene rings is 2. The van der Waals surface area contributed by atoms with Crippen molar-refractivity contribution in [3.05, 3.63) is 78.4 Å². The lowest BCUT2D eigenvalue weighted by atomic mass is 10.1. The zero-order valence-corrected chi connectivity index (χ0v) is 18.7. The maximum absolute atomic E-state index is 12.9. The Morgan fingerprint density at radius 3 is 2.54 bits per heavy atom.